The Morgan fingerprint density at radius 3 is 2.94 bits per heavy atom. The molecule has 96 valence electrons. The van der Waals surface area contributed by atoms with Crippen molar-refractivity contribution in [3.05, 3.63) is 16.1 Å². The molecule has 1 heterocycles. The van der Waals surface area contributed by atoms with E-state index in [0.29, 0.717) is 12.0 Å². The number of aryl methyl sites for hydroxylation is 1. The van der Waals surface area contributed by atoms with Gasteiger partial charge in [-0.2, -0.15) is 0 Å². The Balaban J connectivity index is 1.93. The Labute approximate surface area is 109 Å². The van der Waals surface area contributed by atoms with Crippen molar-refractivity contribution in [2.24, 2.45) is 17.6 Å². The van der Waals surface area contributed by atoms with Gasteiger partial charge in [0.25, 0.3) is 0 Å². The number of nitrogens with two attached hydrogens (primary N) is 1. The highest BCUT2D eigenvalue weighted by Gasteiger charge is 2.28. The van der Waals surface area contributed by atoms with Crippen LogP contribution in [0.5, 0.6) is 0 Å². The fourth-order valence-corrected chi connectivity index (χ4v) is 3.69. The maximum Gasteiger partial charge on any atom is 0.0897 e. The SMILES string of the molecule is CCCC1CCC(N)C(Cc2csc(C)n2)C1. The van der Waals surface area contributed by atoms with Crippen molar-refractivity contribution in [3.8, 4) is 0 Å². The average molecular weight is 252 g/mol. The summed E-state index contributed by atoms with van der Waals surface area (Å²) in [6.07, 6.45) is 7.62. The van der Waals surface area contributed by atoms with E-state index < -0.39 is 0 Å². The van der Waals surface area contributed by atoms with Crippen LogP contribution in [-0.2, 0) is 6.42 Å². The normalized spacial score (nSPS) is 29.5. The molecule has 1 saturated carbocycles. The van der Waals surface area contributed by atoms with Crippen molar-refractivity contribution in [1.82, 2.24) is 4.98 Å². The molecule has 0 saturated heterocycles. The number of hydrogen-bond donors (Lipinski definition) is 1. The zero-order valence-electron chi connectivity index (χ0n) is 11.0. The third-order valence-corrected chi connectivity index (χ3v) is 4.81. The van der Waals surface area contributed by atoms with E-state index in [1.54, 1.807) is 11.3 Å². The Bertz CT molecular complexity index is 348. The molecule has 1 fully saturated rings. The van der Waals surface area contributed by atoms with Crippen LogP contribution >= 0.6 is 11.3 Å². The number of nitrogens with zero attached hydrogens (tertiary/aromatic N) is 1. The van der Waals surface area contributed by atoms with E-state index in [9.17, 15) is 0 Å². The third kappa shape index (κ3) is 3.52. The van der Waals surface area contributed by atoms with Crippen LogP contribution < -0.4 is 5.73 Å². The van der Waals surface area contributed by atoms with Gasteiger partial charge in [-0.25, -0.2) is 4.98 Å². The largest absolute Gasteiger partial charge is 0.327 e. The number of thiazole rings is 1. The molecule has 3 unspecified atom stereocenters. The van der Waals surface area contributed by atoms with Gasteiger partial charge < -0.3 is 5.73 Å². The average Bonchev–Trinajstić information content (AvgIpc) is 2.69. The van der Waals surface area contributed by atoms with Crippen LogP contribution in [0, 0.1) is 18.8 Å². The van der Waals surface area contributed by atoms with Gasteiger partial charge in [-0.3, -0.25) is 0 Å². The summed E-state index contributed by atoms with van der Waals surface area (Å²) in [4.78, 5) is 4.57. The Kier molecular flexibility index (Phi) is 4.57. The first kappa shape index (κ1) is 13.0. The van der Waals surface area contributed by atoms with Gasteiger partial charge in [0, 0.05) is 11.4 Å². The van der Waals surface area contributed by atoms with Gasteiger partial charge in [0.2, 0.25) is 0 Å². The molecular weight excluding hydrogens is 228 g/mol. The molecule has 1 aliphatic rings. The van der Waals surface area contributed by atoms with Gasteiger partial charge in [-0.15, -0.1) is 11.3 Å². The van der Waals surface area contributed by atoms with Crippen LogP contribution in [0.4, 0.5) is 0 Å². The van der Waals surface area contributed by atoms with Gasteiger partial charge in [-0.05, 0) is 44.4 Å². The maximum absolute atomic E-state index is 6.27. The maximum atomic E-state index is 6.27. The van der Waals surface area contributed by atoms with Crippen LogP contribution in [0.25, 0.3) is 0 Å². The first-order valence-corrected chi connectivity index (χ1v) is 7.73. The Hall–Kier alpha value is -0.410. The monoisotopic (exact) mass is 252 g/mol. The predicted octanol–water partition coefficient (Wildman–Crippen LogP) is 3.54. The molecule has 3 atom stereocenters. The molecule has 2 N–H and O–H groups in total. The van der Waals surface area contributed by atoms with Crippen LogP contribution in [0.1, 0.15) is 49.7 Å². The van der Waals surface area contributed by atoms with Crippen molar-refractivity contribution in [2.75, 3.05) is 0 Å². The van der Waals surface area contributed by atoms with Crippen LogP contribution in [-0.4, -0.2) is 11.0 Å². The van der Waals surface area contributed by atoms with E-state index in [-0.39, 0.29) is 0 Å². The minimum absolute atomic E-state index is 0.394. The first-order valence-electron chi connectivity index (χ1n) is 6.85. The molecule has 2 nitrogen and oxygen atoms in total. The summed E-state index contributed by atoms with van der Waals surface area (Å²) in [6.45, 7) is 4.36. The highest BCUT2D eigenvalue weighted by Crippen LogP contribution is 2.33. The lowest BCUT2D eigenvalue weighted by Gasteiger charge is -2.33. The Morgan fingerprint density at radius 2 is 2.29 bits per heavy atom. The molecule has 0 aliphatic heterocycles. The van der Waals surface area contributed by atoms with Crippen molar-refractivity contribution in [1.29, 1.82) is 0 Å². The summed E-state index contributed by atoms with van der Waals surface area (Å²) < 4.78 is 0. The molecule has 17 heavy (non-hydrogen) atoms. The lowest BCUT2D eigenvalue weighted by Crippen LogP contribution is -2.37. The zero-order chi connectivity index (χ0) is 12.3. The van der Waals surface area contributed by atoms with Crippen molar-refractivity contribution in [3.63, 3.8) is 0 Å². The van der Waals surface area contributed by atoms with Crippen LogP contribution in [0.15, 0.2) is 5.38 Å². The van der Waals surface area contributed by atoms with Gasteiger partial charge in [-0.1, -0.05) is 19.8 Å². The van der Waals surface area contributed by atoms with Gasteiger partial charge in [0.05, 0.1) is 10.7 Å². The van der Waals surface area contributed by atoms with Crippen molar-refractivity contribution in [2.45, 2.75) is 58.4 Å². The molecule has 0 amide bonds. The highest BCUT2D eigenvalue weighted by molar-refractivity contribution is 7.09. The van der Waals surface area contributed by atoms with Crippen LogP contribution in [0.3, 0.4) is 0 Å². The minimum Gasteiger partial charge on any atom is -0.327 e. The molecular formula is C14H24N2S. The summed E-state index contributed by atoms with van der Waals surface area (Å²) >= 11 is 1.75. The quantitative estimate of drug-likeness (QED) is 0.890. The third-order valence-electron chi connectivity index (χ3n) is 3.98. The lowest BCUT2D eigenvalue weighted by atomic mass is 9.75. The van der Waals surface area contributed by atoms with E-state index in [2.05, 4.69) is 24.2 Å². The molecule has 0 aromatic carbocycles. The molecule has 1 aromatic heterocycles. The molecule has 0 radical (unpaired) electrons. The van der Waals surface area contributed by atoms with Crippen molar-refractivity contribution >= 4 is 11.3 Å². The van der Waals surface area contributed by atoms with Gasteiger partial charge in [0.15, 0.2) is 0 Å². The summed E-state index contributed by atoms with van der Waals surface area (Å²) in [5.41, 5.74) is 7.52. The van der Waals surface area contributed by atoms with E-state index in [1.165, 1.54) is 42.8 Å². The molecule has 0 bridgehead atoms. The van der Waals surface area contributed by atoms with Gasteiger partial charge in [0.1, 0.15) is 0 Å². The number of aromatic nitrogens is 1. The second-order valence-corrected chi connectivity index (χ2v) is 6.52. The predicted molar refractivity (Wildman–Crippen MR) is 74.3 cm³/mol. The van der Waals surface area contributed by atoms with Crippen LogP contribution in [0.2, 0.25) is 0 Å². The van der Waals surface area contributed by atoms with E-state index in [0.717, 1.165) is 12.3 Å². The van der Waals surface area contributed by atoms with Crippen molar-refractivity contribution < 1.29 is 0 Å². The number of rotatable bonds is 4. The molecule has 3 heteroatoms. The topological polar surface area (TPSA) is 38.9 Å². The second kappa shape index (κ2) is 5.96. The first-order chi connectivity index (χ1) is 8.19. The molecule has 2 rings (SSSR count). The zero-order valence-corrected chi connectivity index (χ0v) is 11.8. The summed E-state index contributed by atoms with van der Waals surface area (Å²) in [7, 11) is 0. The fourth-order valence-electron chi connectivity index (χ4n) is 3.06. The highest BCUT2D eigenvalue weighted by atomic mass is 32.1. The summed E-state index contributed by atoms with van der Waals surface area (Å²) in [6, 6.07) is 0.394. The fraction of sp³-hybridized carbons (Fsp3) is 0.786. The lowest BCUT2D eigenvalue weighted by molar-refractivity contribution is 0.220. The molecule has 1 aromatic rings. The van der Waals surface area contributed by atoms with Gasteiger partial charge >= 0.3 is 0 Å². The van der Waals surface area contributed by atoms with E-state index >= 15 is 0 Å². The Morgan fingerprint density at radius 1 is 1.47 bits per heavy atom. The summed E-state index contributed by atoms with van der Waals surface area (Å²) in [5.74, 6) is 1.56. The van der Waals surface area contributed by atoms with E-state index in [4.69, 9.17) is 5.73 Å². The standard InChI is InChI=1S/C14H24N2S/c1-3-4-11-5-6-14(15)12(7-11)8-13-9-17-10(2)16-13/h9,11-12,14H,3-8,15H2,1-2H3. The smallest absolute Gasteiger partial charge is 0.0897 e. The number of hydrogen-bond acceptors (Lipinski definition) is 3. The molecule has 0 spiro atoms. The minimum atomic E-state index is 0.394. The molecule has 1 aliphatic carbocycles. The second-order valence-electron chi connectivity index (χ2n) is 5.45. The summed E-state index contributed by atoms with van der Waals surface area (Å²) in [5, 5.41) is 3.38. The van der Waals surface area contributed by atoms with E-state index in [1.807, 2.05) is 0 Å².